The SMILES string of the molecule is CC(=NNC(=O)c1cc(-c2ccc(F)cc2)n[nH]1)c1ccc2ccccc2c1. The summed E-state index contributed by atoms with van der Waals surface area (Å²) >= 11 is 0. The third kappa shape index (κ3) is 3.66. The number of hydrogen-bond donors (Lipinski definition) is 2. The van der Waals surface area contributed by atoms with Crippen molar-refractivity contribution < 1.29 is 9.18 Å². The molecule has 0 spiro atoms. The summed E-state index contributed by atoms with van der Waals surface area (Å²) in [7, 11) is 0. The van der Waals surface area contributed by atoms with Gasteiger partial charge in [0.05, 0.1) is 11.4 Å². The van der Waals surface area contributed by atoms with E-state index in [0.29, 0.717) is 17.0 Å². The minimum absolute atomic E-state index is 0.273. The molecule has 0 bridgehead atoms. The highest BCUT2D eigenvalue weighted by Crippen LogP contribution is 2.18. The molecule has 0 atom stereocenters. The number of aromatic amines is 1. The summed E-state index contributed by atoms with van der Waals surface area (Å²) in [5.74, 6) is -0.725. The lowest BCUT2D eigenvalue weighted by molar-refractivity contribution is 0.0950. The number of carbonyl (C=O) groups excluding carboxylic acids is 1. The molecule has 1 amide bonds. The highest BCUT2D eigenvalue weighted by Gasteiger charge is 2.11. The predicted octanol–water partition coefficient (Wildman–Crippen LogP) is 4.52. The van der Waals surface area contributed by atoms with Gasteiger partial charge in [-0.3, -0.25) is 9.89 Å². The maximum atomic E-state index is 13.0. The quantitative estimate of drug-likeness (QED) is 0.408. The lowest BCUT2D eigenvalue weighted by Crippen LogP contribution is -2.19. The molecule has 4 aromatic rings. The molecule has 1 heterocycles. The van der Waals surface area contributed by atoms with Crippen molar-refractivity contribution in [1.29, 1.82) is 0 Å². The van der Waals surface area contributed by atoms with E-state index in [-0.39, 0.29) is 11.5 Å². The first-order valence-electron chi connectivity index (χ1n) is 8.75. The molecule has 5 nitrogen and oxygen atoms in total. The normalized spacial score (nSPS) is 11.6. The Bertz CT molecular complexity index is 1180. The first-order chi connectivity index (χ1) is 13.6. The van der Waals surface area contributed by atoms with E-state index >= 15 is 0 Å². The Morgan fingerprint density at radius 2 is 1.75 bits per heavy atom. The van der Waals surface area contributed by atoms with Gasteiger partial charge < -0.3 is 0 Å². The second kappa shape index (κ2) is 7.44. The molecular formula is C22H17FN4O. The fourth-order valence-corrected chi connectivity index (χ4v) is 2.88. The average molecular weight is 372 g/mol. The first-order valence-corrected chi connectivity index (χ1v) is 8.75. The number of fused-ring (bicyclic) bond motifs is 1. The van der Waals surface area contributed by atoms with Crippen molar-refractivity contribution in [3.63, 3.8) is 0 Å². The fraction of sp³-hybridized carbons (Fsp3) is 0.0455. The molecule has 1 aromatic heterocycles. The van der Waals surface area contributed by atoms with Gasteiger partial charge in [0.1, 0.15) is 11.5 Å². The number of hydrazone groups is 1. The van der Waals surface area contributed by atoms with Gasteiger partial charge in [-0.25, -0.2) is 9.82 Å². The van der Waals surface area contributed by atoms with Crippen LogP contribution in [-0.4, -0.2) is 21.8 Å². The van der Waals surface area contributed by atoms with Gasteiger partial charge in [-0.05, 0) is 59.7 Å². The molecule has 0 radical (unpaired) electrons. The molecule has 0 aliphatic rings. The van der Waals surface area contributed by atoms with Crippen molar-refractivity contribution in [3.8, 4) is 11.3 Å². The molecule has 0 unspecified atom stereocenters. The Labute approximate surface area is 160 Å². The van der Waals surface area contributed by atoms with Crippen LogP contribution < -0.4 is 5.43 Å². The van der Waals surface area contributed by atoms with E-state index in [0.717, 1.165) is 16.3 Å². The van der Waals surface area contributed by atoms with Crippen molar-refractivity contribution in [2.24, 2.45) is 5.10 Å². The lowest BCUT2D eigenvalue weighted by atomic mass is 10.0. The molecule has 0 aliphatic heterocycles. The fourth-order valence-electron chi connectivity index (χ4n) is 2.88. The van der Waals surface area contributed by atoms with E-state index < -0.39 is 5.91 Å². The second-order valence-corrected chi connectivity index (χ2v) is 6.37. The molecule has 0 aliphatic carbocycles. The Morgan fingerprint density at radius 3 is 2.54 bits per heavy atom. The van der Waals surface area contributed by atoms with Crippen molar-refractivity contribution in [2.75, 3.05) is 0 Å². The van der Waals surface area contributed by atoms with Gasteiger partial charge in [-0.2, -0.15) is 10.2 Å². The Morgan fingerprint density at radius 1 is 1.00 bits per heavy atom. The molecule has 0 saturated heterocycles. The maximum absolute atomic E-state index is 13.0. The highest BCUT2D eigenvalue weighted by molar-refractivity contribution is 6.03. The maximum Gasteiger partial charge on any atom is 0.289 e. The van der Waals surface area contributed by atoms with E-state index in [2.05, 4.69) is 20.7 Å². The molecular weight excluding hydrogens is 355 g/mol. The summed E-state index contributed by atoms with van der Waals surface area (Å²) in [5.41, 5.74) is 5.70. The van der Waals surface area contributed by atoms with Crippen LogP contribution in [0, 0.1) is 5.82 Å². The van der Waals surface area contributed by atoms with Gasteiger partial charge in [-0.15, -0.1) is 0 Å². The van der Waals surface area contributed by atoms with E-state index in [1.165, 1.54) is 12.1 Å². The van der Waals surface area contributed by atoms with Crippen LogP contribution in [0.25, 0.3) is 22.0 Å². The number of benzene rings is 3. The zero-order chi connectivity index (χ0) is 19.5. The number of halogens is 1. The summed E-state index contributed by atoms with van der Waals surface area (Å²) < 4.78 is 13.0. The molecule has 0 saturated carbocycles. The van der Waals surface area contributed by atoms with Crippen molar-refractivity contribution in [3.05, 3.63) is 89.9 Å². The number of carbonyl (C=O) groups is 1. The summed E-state index contributed by atoms with van der Waals surface area (Å²) in [5, 5.41) is 13.2. The van der Waals surface area contributed by atoms with Crippen LogP contribution in [0.4, 0.5) is 4.39 Å². The van der Waals surface area contributed by atoms with E-state index in [1.807, 2.05) is 49.4 Å². The summed E-state index contributed by atoms with van der Waals surface area (Å²) in [4.78, 5) is 12.3. The average Bonchev–Trinajstić information content (AvgIpc) is 3.22. The summed E-state index contributed by atoms with van der Waals surface area (Å²) in [6.07, 6.45) is 0. The summed E-state index contributed by atoms with van der Waals surface area (Å²) in [6.45, 7) is 1.83. The van der Waals surface area contributed by atoms with Crippen LogP contribution in [-0.2, 0) is 0 Å². The van der Waals surface area contributed by atoms with E-state index in [4.69, 9.17) is 0 Å². The third-order valence-corrected chi connectivity index (χ3v) is 4.45. The Hall–Kier alpha value is -3.80. The molecule has 28 heavy (non-hydrogen) atoms. The topological polar surface area (TPSA) is 70.1 Å². The standard InChI is InChI=1S/C22H17FN4O/c1-14(17-7-6-15-4-2-3-5-18(15)12-17)24-27-22(28)21-13-20(25-26-21)16-8-10-19(23)11-9-16/h2-13H,1H3,(H,25,26)(H,27,28). The molecule has 0 fully saturated rings. The van der Waals surface area contributed by atoms with Crippen LogP contribution >= 0.6 is 0 Å². The number of nitrogens with one attached hydrogen (secondary N) is 2. The smallest absolute Gasteiger partial charge is 0.272 e. The second-order valence-electron chi connectivity index (χ2n) is 6.37. The third-order valence-electron chi connectivity index (χ3n) is 4.45. The largest absolute Gasteiger partial charge is 0.289 e. The molecule has 4 rings (SSSR count). The number of H-pyrrole nitrogens is 1. The zero-order valence-electron chi connectivity index (χ0n) is 15.1. The minimum atomic E-state index is -0.402. The molecule has 2 N–H and O–H groups in total. The van der Waals surface area contributed by atoms with Gasteiger partial charge in [0.25, 0.3) is 5.91 Å². The van der Waals surface area contributed by atoms with Crippen molar-refractivity contribution in [2.45, 2.75) is 6.92 Å². The molecule has 3 aromatic carbocycles. The number of aromatic nitrogens is 2. The Balaban J connectivity index is 1.49. The number of amides is 1. The van der Waals surface area contributed by atoms with E-state index in [1.54, 1.807) is 18.2 Å². The van der Waals surface area contributed by atoms with Crippen molar-refractivity contribution >= 4 is 22.4 Å². The van der Waals surface area contributed by atoms with Gasteiger partial charge in [0.15, 0.2) is 0 Å². The number of nitrogens with zero attached hydrogens (tertiary/aromatic N) is 2. The van der Waals surface area contributed by atoms with Gasteiger partial charge in [0, 0.05) is 5.56 Å². The van der Waals surface area contributed by atoms with Crippen LogP contribution in [0.3, 0.4) is 0 Å². The zero-order valence-corrected chi connectivity index (χ0v) is 15.1. The first kappa shape index (κ1) is 17.6. The van der Waals surface area contributed by atoms with E-state index in [9.17, 15) is 9.18 Å². The van der Waals surface area contributed by atoms with Gasteiger partial charge >= 0.3 is 0 Å². The van der Waals surface area contributed by atoms with Crippen LogP contribution in [0.1, 0.15) is 23.0 Å². The van der Waals surface area contributed by atoms with Crippen LogP contribution in [0.5, 0.6) is 0 Å². The minimum Gasteiger partial charge on any atom is -0.272 e. The monoisotopic (exact) mass is 372 g/mol. The van der Waals surface area contributed by atoms with Gasteiger partial charge in [-0.1, -0.05) is 36.4 Å². The van der Waals surface area contributed by atoms with Crippen LogP contribution in [0.15, 0.2) is 77.9 Å². The number of hydrogen-bond acceptors (Lipinski definition) is 3. The number of rotatable bonds is 4. The lowest BCUT2D eigenvalue weighted by Gasteiger charge is -2.04. The van der Waals surface area contributed by atoms with Crippen molar-refractivity contribution in [1.82, 2.24) is 15.6 Å². The van der Waals surface area contributed by atoms with Crippen LogP contribution in [0.2, 0.25) is 0 Å². The van der Waals surface area contributed by atoms with Gasteiger partial charge in [0.2, 0.25) is 0 Å². The predicted molar refractivity (Wildman–Crippen MR) is 108 cm³/mol. The highest BCUT2D eigenvalue weighted by atomic mass is 19.1. The Kier molecular flexibility index (Phi) is 4.68. The molecule has 138 valence electrons. The summed E-state index contributed by atoms with van der Waals surface area (Å²) in [6, 6.07) is 21.6. The molecule has 6 heteroatoms.